The zero-order chi connectivity index (χ0) is 15.5. The maximum absolute atomic E-state index is 13.0. The average Bonchev–Trinajstić information content (AvgIpc) is 2.90. The van der Waals surface area contributed by atoms with E-state index in [0.29, 0.717) is 5.56 Å². The van der Waals surface area contributed by atoms with Crippen LogP contribution in [0, 0.1) is 11.6 Å². The molecule has 2 N–H and O–H groups in total. The zero-order valence-electron chi connectivity index (χ0n) is 10.8. The van der Waals surface area contributed by atoms with Gasteiger partial charge in [-0.05, 0) is 17.7 Å². The number of benzene rings is 1. The molecule has 0 amide bonds. The molecule has 0 radical (unpaired) electrons. The van der Waals surface area contributed by atoms with Crippen molar-refractivity contribution in [2.45, 2.75) is 18.0 Å². The second-order valence-corrected chi connectivity index (χ2v) is 6.00. The molecule has 1 aromatic heterocycles. The highest BCUT2D eigenvalue weighted by atomic mass is 32.2. The Bertz CT molecular complexity index is 731. The van der Waals surface area contributed by atoms with E-state index in [2.05, 4.69) is 9.82 Å². The fraction of sp³-hybridized carbons (Fsp3) is 0.250. The third-order valence-electron chi connectivity index (χ3n) is 2.70. The lowest BCUT2D eigenvalue weighted by Crippen LogP contribution is -2.23. The largest absolute Gasteiger partial charge is 0.394 e. The molecule has 2 rings (SSSR count). The number of aromatic nitrogens is 2. The Kier molecular flexibility index (Phi) is 4.66. The average molecular weight is 317 g/mol. The van der Waals surface area contributed by atoms with Gasteiger partial charge in [0.2, 0.25) is 10.0 Å². The summed E-state index contributed by atoms with van der Waals surface area (Å²) in [6.45, 7) is -0.160. The van der Waals surface area contributed by atoms with Crippen LogP contribution in [0.5, 0.6) is 0 Å². The van der Waals surface area contributed by atoms with Crippen LogP contribution in [-0.4, -0.2) is 29.9 Å². The van der Waals surface area contributed by atoms with Crippen LogP contribution in [0.2, 0.25) is 0 Å². The third kappa shape index (κ3) is 3.84. The predicted molar refractivity (Wildman–Crippen MR) is 69.7 cm³/mol. The van der Waals surface area contributed by atoms with E-state index in [1.165, 1.54) is 16.9 Å². The fourth-order valence-corrected chi connectivity index (χ4v) is 2.59. The smallest absolute Gasteiger partial charge is 0.243 e. The first-order valence-corrected chi connectivity index (χ1v) is 7.47. The van der Waals surface area contributed by atoms with Gasteiger partial charge in [-0.3, -0.25) is 4.68 Å². The standard InChI is InChI=1S/C12H13F2N3O3S/c13-11-2-1-9(5-12(11)14)6-16-21(19,20)10-7-15-17(8-10)3-4-18/h1-2,5,7-8,16,18H,3-4,6H2. The van der Waals surface area contributed by atoms with Crippen LogP contribution in [0.15, 0.2) is 35.5 Å². The van der Waals surface area contributed by atoms with Gasteiger partial charge in [0.1, 0.15) is 4.90 Å². The van der Waals surface area contributed by atoms with Gasteiger partial charge in [0.05, 0.1) is 19.3 Å². The van der Waals surface area contributed by atoms with Crippen LogP contribution in [0.4, 0.5) is 8.78 Å². The van der Waals surface area contributed by atoms with Crippen LogP contribution < -0.4 is 4.72 Å². The molecule has 0 aliphatic rings. The van der Waals surface area contributed by atoms with Gasteiger partial charge in [-0.2, -0.15) is 5.10 Å². The summed E-state index contributed by atoms with van der Waals surface area (Å²) in [5.41, 5.74) is 0.292. The van der Waals surface area contributed by atoms with Crippen molar-refractivity contribution in [1.29, 1.82) is 0 Å². The fourth-order valence-electron chi connectivity index (χ4n) is 1.62. The quantitative estimate of drug-likeness (QED) is 0.818. The monoisotopic (exact) mass is 317 g/mol. The summed E-state index contributed by atoms with van der Waals surface area (Å²) in [6.07, 6.45) is 2.41. The molecule has 1 heterocycles. The van der Waals surface area contributed by atoms with Crippen molar-refractivity contribution >= 4 is 10.0 Å². The molecule has 1 aromatic carbocycles. The molecular weight excluding hydrogens is 304 g/mol. The normalized spacial score (nSPS) is 11.8. The van der Waals surface area contributed by atoms with Gasteiger partial charge in [-0.25, -0.2) is 21.9 Å². The number of nitrogens with zero attached hydrogens (tertiary/aromatic N) is 2. The molecule has 0 aliphatic heterocycles. The number of sulfonamides is 1. The van der Waals surface area contributed by atoms with Gasteiger partial charge in [0.25, 0.3) is 0 Å². The number of nitrogens with one attached hydrogen (secondary N) is 1. The van der Waals surface area contributed by atoms with Crippen LogP contribution in [-0.2, 0) is 23.1 Å². The molecule has 0 fully saturated rings. The summed E-state index contributed by atoms with van der Waals surface area (Å²) >= 11 is 0. The number of rotatable bonds is 6. The molecule has 0 spiro atoms. The Morgan fingerprint density at radius 2 is 2.05 bits per heavy atom. The molecule has 114 valence electrons. The van der Waals surface area contributed by atoms with E-state index in [1.54, 1.807) is 0 Å². The summed E-state index contributed by atoms with van der Waals surface area (Å²) in [5.74, 6) is -2.03. The number of hydrogen-bond donors (Lipinski definition) is 2. The van der Waals surface area contributed by atoms with Crippen LogP contribution in [0.25, 0.3) is 0 Å². The van der Waals surface area contributed by atoms with E-state index in [4.69, 9.17) is 5.11 Å². The first-order chi connectivity index (χ1) is 9.92. The molecule has 0 saturated carbocycles. The van der Waals surface area contributed by atoms with Crippen LogP contribution in [0.1, 0.15) is 5.56 Å². The molecule has 0 aliphatic carbocycles. The van der Waals surface area contributed by atoms with Crippen molar-refractivity contribution < 1.29 is 22.3 Å². The Morgan fingerprint density at radius 1 is 1.29 bits per heavy atom. The second-order valence-electron chi connectivity index (χ2n) is 4.24. The molecule has 0 saturated heterocycles. The summed E-state index contributed by atoms with van der Waals surface area (Å²) < 4.78 is 53.3. The predicted octanol–water partition coefficient (Wildman–Crippen LogP) is 0.632. The maximum atomic E-state index is 13.0. The Balaban J connectivity index is 2.08. The highest BCUT2D eigenvalue weighted by Gasteiger charge is 2.16. The van der Waals surface area contributed by atoms with Crippen molar-refractivity contribution in [3.05, 3.63) is 47.8 Å². The van der Waals surface area contributed by atoms with Gasteiger partial charge in [-0.15, -0.1) is 0 Å². The minimum absolute atomic E-state index is 0.0708. The van der Waals surface area contributed by atoms with Crippen molar-refractivity contribution in [2.75, 3.05) is 6.61 Å². The maximum Gasteiger partial charge on any atom is 0.243 e. The topological polar surface area (TPSA) is 84.2 Å². The Morgan fingerprint density at radius 3 is 2.71 bits per heavy atom. The highest BCUT2D eigenvalue weighted by molar-refractivity contribution is 7.89. The molecule has 9 heteroatoms. The summed E-state index contributed by atoms with van der Waals surface area (Å²) in [6, 6.07) is 3.14. The van der Waals surface area contributed by atoms with Crippen molar-refractivity contribution in [1.82, 2.24) is 14.5 Å². The molecule has 0 bridgehead atoms. The van der Waals surface area contributed by atoms with E-state index in [-0.39, 0.29) is 24.6 Å². The highest BCUT2D eigenvalue weighted by Crippen LogP contribution is 2.11. The lowest BCUT2D eigenvalue weighted by atomic mass is 10.2. The van der Waals surface area contributed by atoms with E-state index in [0.717, 1.165) is 18.3 Å². The van der Waals surface area contributed by atoms with Crippen LogP contribution in [0.3, 0.4) is 0 Å². The van der Waals surface area contributed by atoms with E-state index in [9.17, 15) is 17.2 Å². The van der Waals surface area contributed by atoms with Gasteiger partial charge < -0.3 is 5.11 Å². The van der Waals surface area contributed by atoms with Gasteiger partial charge in [0, 0.05) is 12.7 Å². The summed E-state index contributed by atoms with van der Waals surface area (Å²) in [4.78, 5) is -0.0708. The molecule has 21 heavy (non-hydrogen) atoms. The van der Waals surface area contributed by atoms with Crippen LogP contribution >= 0.6 is 0 Å². The van der Waals surface area contributed by atoms with Gasteiger partial charge in [0.15, 0.2) is 11.6 Å². The van der Waals surface area contributed by atoms with Crippen molar-refractivity contribution in [2.24, 2.45) is 0 Å². The lowest BCUT2D eigenvalue weighted by Gasteiger charge is -2.05. The van der Waals surface area contributed by atoms with Crippen molar-refractivity contribution in [3.63, 3.8) is 0 Å². The van der Waals surface area contributed by atoms with E-state index in [1.807, 2.05) is 0 Å². The van der Waals surface area contributed by atoms with Gasteiger partial charge >= 0.3 is 0 Å². The second kappa shape index (κ2) is 6.29. The summed E-state index contributed by atoms with van der Waals surface area (Å²) in [5, 5.41) is 12.5. The Hall–Kier alpha value is -1.84. The number of aliphatic hydroxyl groups excluding tert-OH is 1. The molecule has 6 nitrogen and oxygen atoms in total. The first-order valence-electron chi connectivity index (χ1n) is 5.99. The van der Waals surface area contributed by atoms with Gasteiger partial charge in [-0.1, -0.05) is 6.07 Å². The van der Waals surface area contributed by atoms with E-state index >= 15 is 0 Å². The number of hydrogen-bond acceptors (Lipinski definition) is 4. The number of aliphatic hydroxyl groups is 1. The lowest BCUT2D eigenvalue weighted by molar-refractivity contribution is 0.269. The summed E-state index contributed by atoms with van der Waals surface area (Å²) in [7, 11) is -3.81. The Labute approximate surface area is 120 Å². The first kappa shape index (κ1) is 15.5. The minimum Gasteiger partial charge on any atom is -0.394 e. The molecular formula is C12H13F2N3O3S. The minimum atomic E-state index is -3.81. The molecule has 0 unspecified atom stereocenters. The number of halogens is 2. The molecule has 0 atom stereocenters. The zero-order valence-corrected chi connectivity index (χ0v) is 11.6. The van der Waals surface area contributed by atoms with Crippen molar-refractivity contribution in [3.8, 4) is 0 Å². The van der Waals surface area contributed by atoms with E-state index < -0.39 is 21.7 Å². The third-order valence-corrected chi connectivity index (χ3v) is 4.06. The molecule has 2 aromatic rings. The SMILES string of the molecule is O=S(=O)(NCc1ccc(F)c(F)c1)c1cnn(CCO)c1.